The summed E-state index contributed by atoms with van der Waals surface area (Å²) in [4.78, 5) is 0. The van der Waals surface area contributed by atoms with Crippen molar-refractivity contribution >= 4 is 11.0 Å². The molecular weight excluding hydrogens is 231 g/mol. The second kappa shape index (κ2) is 4.07. The van der Waals surface area contributed by atoms with E-state index >= 15 is 0 Å². The van der Waals surface area contributed by atoms with E-state index in [0.29, 0.717) is 16.7 Å². The molecule has 0 saturated carbocycles. The molecule has 2 rings (SSSR count). The van der Waals surface area contributed by atoms with Crippen molar-refractivity contribution in [3.05, 3.63) is 35.6 Å². The summed E-state index contributed by atoms with van der Waals surface area (Å²) in [5, 5.41) is 3.44. The fourth-order valence-electron chi connectivity index (χ4n) is 1.60. The van der Waals surface area contributed by atoms with Gasteiger partial charge in [-0.25, -0.2) is 0 Å². The fourth-order valence-corrected chi connectivity index (χ4v) is 1.60. The number of hydrogen-bond donors (Lipinski definition) is 1. The molecule has 2 aromatic rings. The summed E-state index contributed by atoms with van der Waals surface area (Å²) >= 11 is 0. The Kier molecular flexibility index (Phi) is 2.87. The van der Waals surface area contributed by atoms with Gasteiger partial charge in [-0.15, -0.1) is 0 Å². The minimum atomic E-state index is -4.32. The number of halogens is 3. The molecule has 0 amide bonds. The highest BCUT2D eigenvalue weighted by Gasteiger charge is 2.30. The van der Waals surface area contributed by atoms with Gasteiger partial charge < -0.3 is 9.73 Å². The van der Waals surface area contributed by atoms with Gasteiger partial charge in [-0.05, 0) is 38.2 Å². The SMILES string of the molecule is CNC(C)c1cc2cc(C(F)(F)F)ccc2o1. The summed E-state index contributed by atoms with van der Waals surface area (Å²) in [7, 11) is 1.76. The summed E-state index contributed by atoms with van der Waals surface area (Å²) in [5.74, 6) is 0.627. The van der Waals surface area contributed by atoms with Gasteiger partial charge in [0.2, 0.25) is 0 Å². The average Bonchev–Trinajstić information content (AvgIpc) is 2.69. The van der Waals surface area contributed by atoms with Gasteiger partial charge in [0.15, 0.2) is 0 Å². The van der Waals surface area contributed by atoms with Crippen molar-refractivity contribution in [2.24, 2.45) is 0 Å². The van der Waals surface area contributed by atoms with E-state index in [9.17, 15) is 13.2 Å². The van der Waals surface area contributed by atoms with E-state index in [2.05, 4.69) is 5.32 Å². The number of rotatable bonds is 2. The van der Waals surface area contributed by atoms with Crippen LogP contribution in [0.15, 0.2) is 28.7 Å². The van der Waals surface area contributed by atoms with E-state index < -0.39 is 11.7 Å². The Labute approximate surface area is 96.4 Å². The van der Waals surface area contributed by atoms with Crippen LogP contribution < -0.4 is 5.32 Å². The number of hydrogen-bond acceptors (Lipinski definition) is 2. The van der Waals surface area contributed by atoms with Crippen molar-refractivity contribution in [2.45, 2.75) is 19.1 Å². The lowest BCUT2D eigenvalue weighted by molar-refractivity contribution is -0.137. The molecule has 2 nitrogen and oxygen atoms in total. The molecule has 1 unspecified atom stereocenters. The molecule has 1 aromatic heterocycles. The first-order chi connectivity index (χ1) is 7.91. The first-order valence-corrected chi connectivity index (χ1v) is 5.20. The molecule has 0 aliphatic heterocycles. The van der Waals surface area contributed by atoms with Crippen LogP contribution in [-0.4, -0.2) is 7.05 Å². The van der Waals surface area contributed by atoms with E-state index in [4.69, 9.17) is 4.42 Å². The molecule has 0 spiro atoms. The third-order valence-electron chi connectivity index (χ3n) is 2.72. The zero-order valence-corrected chi connectivity index (χ0v) is 9.43. The summed E-state index contributed by atoms with van der Waals surface area (Å²) in [6.07, 6.45) is -4.32. The molecule has 1 N–H and O–H groups in total. The Morgan fingerprint density at radius 1 is 1.24 bits per heavy atom. The van der Waals surface area contributed by atoms with Crippen molar-refractivity contribution in [1.82, 2.24) is 5.32 Å². The van der Waals surface area contributed by atoms with Crippen molar-refractivity contribution in [2.75, 3.05) is 7.05 Å². The van der Waals surface area contributed by atoms with Gasteiger partial charge in [-0.3, -0.25) is 0 Å². The zero-order valence-electron chi connectivity index (χ0n) is 9.43. The Hall–Kier alpha value is -1.49. The summed E-state index contributed by atoms with van der Waals surface area (Å²) in [6, 6.07) is 5.08. The molecule has 0 saturated heterocycles. The largest absolute Gasteiger partial charge is 0.459 e. The van der Waals surface area contributed by atoms with E-state index in [1.807, 2.05) is 6.92 Å². The third kappa shape index (κ3) is 2.29. The van der Waals surface area contributed by atoms with Crippen LogP contribution in [0.3, 0.4) is 0 Å². The van der Waals surface area contributed by atoms with E-state index in [0.717, 1.165) is 12.1 Å². The van der Waals surface area contributed by atoms with Crippen LogP contribution >= 0.6 is 0 Å². The molecule has 92 valence electrons. The topological polar surface area (TPSA) is 25.2 Å². The molecule has 0 radical (unpaired) electrons. The summed E-state index contributed by atoms with van der Waals surface area (Å²) < 4.78 is 43.0. The van der Waals surface area contributed by atoms with Gasteiger partial charge in [0, 0.05) is 5.39 Å². The van der Waals surface area contributed by atoms with Crippen LogP contribution in [0.4, 0.5) is 13.2 Å². The van der Waals surface area contributed by atoms with Crippen LogP contribution in [0.1, 0.15) is 24.3 Å². The monoisotopic (exact) mass is 243 g/mol. The van der Waals surface area contributed by atoms with Gasteiger partial charge >= 0.3 is 6.18 Å². The molecule has 0 aliphatic carbocycles. The van der Waals surface area contributed by atoms with Crippen LogP contribution in [0, 0.1) is 0 Å². The predicted octanol–water partition coefficient (Wildman–Crippen LogP) is 3.73. The maximum Gasteiger partial charge on any atom is 0.416 e. The Morgan fingerprint density at radius 2 is 1.94 bits per heavy atom. The van der Waals surface area contributed by atoms with Gasteiger partial charge in [0.25, 0.3) is 0 Å². The normalized spacial score (nSPS) is 14.2. The van der Waals surface area contributed by atoms with Crippen LogP contribution in [0.25, 0.3) is 11.0 Å². The Bertz CT molecular complexity index is 530. The van der Waals surface area contributed by atoms with Crippen LogP contribution in [0.2, 0.25) is 0 Å². The van der Waals surface area contributed by atoms with Gasteiger partial charge in [-0.1, -0.05) is 0 Å². The third-order valence-corrected chi connectivity index (χ3v) is 2.72. The number of nitrogens with one attached hydrogen (secondary N) is 1. The predicted molar refractivity (Wildman–Crippen MR) is 58.7 cm³/mol. The summed E-state index contributed by atoms with van der Waals surface area (Å²) in [5.41, 5.74) is -0.190. The van der Waals surface area contributed by atoms with Crippen molar-refractivity contribution < 1.29 is 17.6 Å². The second-order valence-electron chi connectivity index (χ2n) is 3.91. The molecular formula is C12H12F3NO. The molecule has 1 heterocycles. The lowest BCUT2D eigenvalue weighted by atomic mass is 10.1. The maximum absolute atomic E-state index is 12.5. The second-order valence-corrected chi connectivity index (χ2v) is 3.91. The minimum Gasteiger partial charge on any atom is -0.459 e. The minimum absolute atomic E-state index is 0.0308. The molecule has 1 aromatic carbocycles. The Balaban J connectivity index is 2.48. The van der Waals surface area contributed by atoms with Crippen molar-refractivity contribution in [3.8, 4) is 0 Å². The first-order valence-electron chi connectivity index (χ1n) is 5.20. The van der Waals surface area contributed by atoms with Gasteiger partial charge in [0.1, 0.15) is 11.3 Å². The lowest BCUT2D eigenvalue weighted by Gasteiger charge is -2.05. The maximum atomic E-state index is 12.5. The fraction of sp³-hybridized carbons (Fsp3) is 0.333. The molecule has 0 bridgehead atoms. The van der Waals surface area contributed by atoms with E-state index in [1.165, 1.54) is 6.07 Å². The standard InChI is InChI=1S/C12H12F3NO/c1-7(16-2)11-6-8-5-9(12(13,14)15)3-4-10(8)17-11/h3-7,16H,1-2H3. The van der Waals surface area contributed by atoms with Crippen molar-refractivity contribution in [1.29, 1.82) is 0 Å². The highest BCUT2D eigenvalue weighted by molar-refractivity contribution is 5.79. The quantitative estimate of drug-likeness (QED) is 0.869. The van der Waals surface area contributed by atoms with Gasteiger partial charge in [-0.2, -0.15) is 13.2 Å². The molecule has 17 heavy (non-hydrogen) atoms. The zero-order chi connectivity index (χ0) is 12.6. The lowest BCUT2D eigenvalue weighted by Crippen LogP contribution is -2.10. The Morgan fingerprint density at radius 3 is 2.53 bits per heavy atom. The number of furan rings is 1. The number of fused-ring (bicyclic) bond motifs is 1. The average molecular weight is 243 g/mol. The summed E-state index contributed by atoms with van der Waals surface area (Å²) in [6.45, 7) is 1.88. The van der Waals surface area contributed by atoms with Crippen molar-refractivity contribution in [3.63, 3.8) is 0 Å². The smallest absolute Gasteiger partial charge is 0.416 e. The van der Waals surface area contributed by atoms with Crippen LogP contribution in [-0.2, 0) is 6.18 Å². The van der Waals surface area contributed by atoms with E-state index in [-0.39, 0.29) is 6.04 Å². The van der Waals surface area contributed by atoms with Crippen LogP contribution in [0.5, 0.6) is 0 Å². The molecule has 0 aliphatic rings. The highest BCUT2D eigenvalue weighted by atomic mass is 19.4. The highest BCUT2D eigenvalue weighted by Crippen LogP contribution is 2.33. The molecule has 0 fully saturated rings. The number of alkyl halides is 3. The van der Waals surface area contributed by atoms with E-state index in [1.54, 1.807) is 13.1 Å². The van der Waals surface area contributed by atoms with Gasteiger partial charge in [0.05, 0.1) is 11.6 Å². The first kappa shape index (κ1) is 12.0. The molecule has 1 atom stereocenters. The molecule has 5 heteroatoms. The number of benzene rings is 1.